The molecule has 0 radical (unpaired) electrons. The molecule has 0 aromatic carbocycles. The Morgan fingerprint density at radius 3 is 1.17 bits per heavy atom. The summed E-state index contributed by atoms with van der Waals surface area (Å²) in [5.41, 5.74) is 0. The van der Waals surface area contributed by atoms with E-state index in [2.05, 4.69) is 27.7 Å². The highest BCUT2D eigenvalue weighted by atomic mass is 32.2. The molecule has 0 saturated heterocycles. The van der Waals surface area contributed by atoms with E-state index in [4.69, 9.17) is 0 Å². The van der Waals surface area contributed by atoms with Crippen LogP contribution in [0.5, 0.6) is 0 Å². The van der Waals surface area contributed by atoms with Crippen molar-refractivity contribution in [2.24, 2.45) is 0 Å². The second kappa shape index (κ2) is 11.8. The van der Waals surface area contributed by atoms with E-state index in [0.717, 1.165) is 6.92 Å². The summed E-state index contributed by atoms with van der Waals surface area (Å²) in [4.78, 5) is 0. The van der Waals surface area contributed by atoms with Gasteiger partial charge in [-0.1, -0.05) is 13.3 Å². The number of quaternary nitrogens is 1. The van der Waals surface area contributed by atoms with Crippen LogP contribution in [0.25, 0.3) is 0 Å². The van der Waals surface area contributed by atoms with Crippen LogP contribution >= 0.6 is 0 Å². The quantitative estimate of drug-likeness (QED) is 0.144. The van der Waals surface area contributed by atoms with Crippen LogP contribution in [0, 0.1) is 0 Å². The van der Waals surface area contributed by atoms with Gasteiger partial charge in [0.1, 0.15) is 0 Å². The van der Waals surface area contributed by atoms with Gasteiger partial charge < -0.3 is 9.04 Å². The molecule has 0 aromatic rings. The van der Waals surface area contributed by atoms with Crippen molar-refractivity contribution < 1.29 is 74.5 Å². The van der Waals surface area contributed by atoms with Crippen molar-refractivity contribution in [3.8, 4) is 0 Å². The zero-order valence-electron chi connectivity index (χ0n) is 19.8. The highest BCUT2D eigenvalue weighted by Gasteiger charge is 2.91. The second-order valence-electron chi connectivity index (χ2n) is 7.75. The van der Waals surface area contributed by atoms with Gasteiger partial charge in [-0.05, 0) is 34.1 Å². The SMILES string of the molecule is CCCC(F)C(F)(F)C(F)(F)C(F)(F)C(F)(F)C(F)(F)C(F)(F)S(=O)(=O)[O-].CC[N+](CC)(CC)CC. The molecule has 220 valence electrons. The number of hydrogen-bond donors (Lipinski definition) is 0. The number of halogens is 13. The Balaban J connectivity index is 0. The molecule has 0 aromatic heterocycles. The molecule has 0 fully saturated rings. The van der Waals surface area contributed by atoms with Crippen molar-refractivity contribution in [2.45, 2.75) is 88.5 Å². The van der Waals surface area contributed by atoms with Gasteiger partial charge in [0.05, 0.1) is 26.2 Å². The lowest BCUT2D eigenvalue weighted by Gasteiger charge is -2.42. The molecule has 1 unspecified atom stereocenters. The van der Waals surface area contributed by atoms with Crippen LogP contribution in [0.2, 0.25) is 0 Å². The highest BCUT2D eigenvalue weighted by molar-refractivity contribution is 7.86. The predicted octanol–water partition coefficient (Wildman–Crippen LogP) is 6.32. The Bertz CT molecular complexity index is 783. The van der Waals surface area contributed by atoms with Crippen LogP contribution in [0.15, 0.2) is 0 Å². The molecule has 4 nitrogen and oxygen atoms in total. The van der Waals surface area contributed by atoms with E-state index < -0.39 is 64.0 Å². The summed E-state index contributed by atoms with van der Waals surface area (Å²) in [7, 11) is -7.86. The number of rotatable bonds is 13. The lowest BCUT2D eigenvalue weighted by molar-refractivity contribution is -0.921. The Labute approximate surface area is 200 Å². The molecule has 0 spiro atoms. The summed E-state index contributed by atoms with van der Waals surface area (Å²) < 4.78 is 201. The second-order valence-corrected chi connectivity index (χ2v) is 9.18. The molecular formula is C18H28F13NO3S. The lowest BCUT2D eigenvalue weighted by Crippen LogP contribution is -2.72. The Kier molecular flexibility index (Phi) is 12.1. The number of nitrogens with zero attached hydrogens (tertiary/aromatic N) is 1. The molecular weight excluding hydrogens is 557 g/mol. The van der Waals surface area contributed by atoms with Crippen LogP contribution in [-0.2, 0) is 10.1 Å². The number of alkyl halides is 13. The van der Waals surface area contributed by atoms with Crippen LogP contribution in [0.4, 0.5) is 57.1 Å². The molecule has 36 heavy (non-hydrogen) atoms. The minimum atomic E-state index is -8.24. The zero-order chi connectivity index (χ0) is 29.8. The van der Waals surface area contributed by atoms with E-state index in [1.54, 1.807) is 0 Å². The highest BCUT2D eigenvalue weighted by Crippen LogP contribution is 2.61. The molecule has 0 saturated carbocycles. The topological polar surface area (TPSA) is 57.2 Å². The summed E-state index contributed by atoms with van der Waals surface area (Å²) >= 11 is 0. The fourth-order valence-corrected chi connectivity index (χ4v) is 3.36. The maximum Gasteiger partial charge on any atom is 0.402 e. The van der Waals surface area contributed by atoms with E-state index in [-0.39, 0.29) is 0 Å². The fraction of sp³-hybridized carbons (Fsp3) is 1.00. The van der Waals surface area contributed by atoms with Gasteiger partial charge in [-0.3, -0.25) is 0 Å². The van der Waals surface area contributed by atoms with E-state index in [0.29, 0.717) is 0 Å². The molecule has 0 amide bonds. The molecule has 0 bridgehead atoms. The first-order chi connectivity index (χ1) is 15.7. The molecule has 0 aliphatic carbocycles. The van der Waals surface area contributed by atoms with Crippen molar-refractivity contribution in [1.82, 2.24) is 0 Å². The van der Waals surface area contributed by atoms with E-state index in [1.165, 1.54) is 30.7 Å². The first-order valence-electron chi connectivity index (χ1n) is 10.4. The monoisotopic (exact) mass is 585 g/mol. The molecule has 0 aliphatic heterocycles. The summed E-state index contributed by atoms with van der Waals surface area (Å²) in [6.07, 6.45) is -6.68. The third-order valence-electron chi connectivity index (χ3n) is 5.90. The van der Waals surface area contributed by atoms with Crippen molar-refractivity contribution in [2.75, 3.05) is 26.2 Å². The van der Waals surface area contributed by atoms with Gasteiger partial charge in [0.2, 0.25) is 0 Å². The van der Waals surface area contributed by atoms with Gasteiger partial charge in [-0.2, -0.15) is 52.7 Å². The van der Waals surface area contributed by atoms with Crippen LogP contribution in [0.3, 0.4) is 0 Å². The van der Waals surface area contributed by atoms with Crippen LogP contribution in [0.1, 0.15) is 47.5 Å². The van der Waals surface area contributed by atoms with Gasteiger partial charge in [-0.15, -0.1) is 0 Å². The Morgan fingerprint density at radius 2 is 0.944 bits per heavy atom. The summed E-state index contributed by atoms with van der Waals surface area (Å²) in [6.45, 7) is 15.1. The van der Waals surface area contributed by atoms with Crippen molar-refractivity contribution >= 4 is 10.1 Å². The smallest absolute Gasteiger partial charge is 0.402 e. The maximum atomic E-state index is 13.2. The average molecular weight is 585 g/mol. The van der Waals surface area contributed by atoms with Gasteiger partial charge in [0.25, 0.3) is 0 Å². The molecule has 18 heteroatoms. The molecule has 0 aliphatic rings. The number of hydrogen-bond acceptors (Lipinski definition) is 3. The van der Waals surface area contributed by atoms with Gasteiger partial charge in [-0.25, -0.2) is 12.8 Å². The largest absolute Gasteiger partial charge is 0.743 e. The standard InChI is InChI=1S/C10H9F13O3S.C8H20N/c1-2-3-4(11)5(12,13)6(14,15)7(16,17)8(18,19)9(20,21)10(22,23)27(24,25)26;1-5-9(6-2,7-3)8-4/h4H,2-3H2,1H3,(H,24,25,26);5-8H2,1-4H3/q;+1/p-1. The minimum Gasteiger partial charge on any atom is -0.743 e. The molecule has 0 N–H and O–H groups in total. The predicted molar refractivity (Wildman–Crippen MR) is 102 cm³/mol. The third kappa shape index (κ3) is 6.15. The summed E-state index contributed by atoms with van der Waals surface area (Å²) in [6, 6.07) is 0. The Morgan fingerprint density at radius 1 is 0.639 bits per heavy atom. The van der Waals surface area contributed by atoms with Gasteiger partial charge in [0.15, 0.2) is 16.3 Å². The summed E-state index contributed by atoms with van der Waals surface area (Å²) in [5, 5.41) is -7.61. The fourth-order valence-electron chi connectivity index (χ4n) is 2.92. The third-order valence-corrected chi connectivity index (χ3v) is 6.78. The normalized spacial score (nSPS) is 15.9. The molecule has 0 rings (SSSR count). The van der Waals surface area contributed by atoms with Crippen LogP contribution < -0.4 is 0 Å². The van der Waals surface area contributed by atoms with Crippen molar-refractivity contribution in [1.29, 1.82) is 0 Å². The Hall–Kier alpha value is -1.04. The van der Waals surface area contributed by atoms with E-state index >= 15 is 0 Å². The first kappa shape index (κ1) is 37.1. The van der Waals surface area contributed by atoms with E-state index in [9.17, 15) is 70.0 Å². The minimum absolute atomic E-state index is 0.739. The van der Waals surface area contributed by atoms with Gasteiger partial charge >= 0.3 is 34.9 Å². The lowest BCUT2D eigenvalue weighted by atomic mass is 9.91. The average Bonchev–Trinajstić information content (AvgIpc) is 2.74. The molecule has 0 heterocycles. The van der Waals surface area contributed by atoms with Crippen LogP contribution in [-0.4, -0.2) is 84.7 Å². The summed E-state index contributed by atoms with van der Waals surface area (Å²) in [5.74, 6) is -38.9. The zero-order valence-corrected chi connectivity index (χ0v) is 20.6. The molecule has 1 atom stereocenters. The van der Waals surface area contributed by atoms with Gasteiger partial charge in [0, 0.05) is 0 Å². The first-order valence-corrected chi connectivity index (χ1v) is 11.8. The van der Waals surface area contributed by atoms with E-state index in [1.807, 2.05) is 0 Å². The van der Waals surface area contributed by atoms with Crippen molar-refractivity contribution in [3.05, 3.63) is 0 Å². The van der Waals surface area contributed by atoms with Crippen molar-refractivity contribution in [3.63, 3.8) is 0 Å². The maximum absolute atomic E-state index is 13.2.